The summed E-state index contributed by atoms with van der Waals surface area (Å²) in [6.45, 7) is 4.00. The summed E-state index contributed by atoms with van der Waals surface area (Å²) >= 11 is 1.95. The van der Waals surface area contributed by atoms with Crippen molar-refractivity contribution in [3.63, 3.8) is 0 Å². The van der Waals surface area contributed by atoms with Crippen LogP contribution in [0.1, 0.15) is 28.4 Å². The van der Waals surface area contributed by atoms with Gasteiger partial charge in [0.25, 0.3) is 0 Å². The Morgan fingerprint density at radius 2 is 2.00 bits per heavy atom. The van der Waals surface area contributed by atoms with Crippen molar-refractivity contribution >= 4 is 23.7 Å². The molecule has 0 bridgehead atoms. The van der Waals surface area contributed by atoms with Gasteiger partial charge in [-0.15, -0.1) is 0 Å². The molecule has 1 saturated heterocycles. The highest BCUT2D eigenvalue weighted by molar-refractivity contribution is 7.99. The van der Waals surface area contributed by atoms with Crippen LogP contribution in [0.15, 0.2) is 48.5 Å². The number of aryl methyl sites for hydroxylation is 1. The zero-order valence-corrected chi connectivity index (χ0v) is 16.2. The summed E-state index contributed by atoms with van der Waals surface area (Å²) in [5.41, 5.74) is 3.67. The summed E-state index contributed by atoms with van der Waals surface area (Å²) in [5.74, 6) is 2.52. The molecule has 2 aromatic carbocycles. The topological polar surface area (TPSA) is 38.8 Å². The molecule has 2 aliphatic rings. The van der Waals surface area contributed by atoms with Crippen LogP contribution >= 0.6 is 11.8 Å². The predicted molar refractivity (Wildman–Crippen MR) is 109 cm³/mol. The first-order chi connectivity index (χ1) is 13.2. The Kier molecular flexibility index (Phi) is 5.39. The molecular formula is C22H23NO3S. The monoisotopic (exact) mass is 381 g/mol. The molecule has 1 unspecified atom stereocenters. The fraction of sp³-hybridized carbons (Fsp3) is 0.318. The highest BCUT2D eigenvalue weighted by Gasteiger charge is 2.22. The average molecular weight is 381 g/mol. The van der Waals surface area contributed by atoms with E-state index in [-0.39, 0.29) is 12.7 Å². The van der Waals surface area contributed by atoms with Crippen LogP contribution in [-0.4, -0.2) is 36.4 Å². The Balaban J connectivity index is 1.39. The molecule has 1 atom stereocenters. The van der Waals surface area contributed by atoms with Gasteiger partial charge in [0.05, 0.1) is 0 Å². The molecule has 0 radical (unpaired) electrons. The van der Waals surface area contributed by atoms with Crippen LogP contribution in [0.25, 0.3) is 6.08 Å². The van der Waals surface area contributed by atoms with Gasteiger partial charge in [-0.25, -0.2) is 0 Å². The normalized spacial score (nSPS) is 19.3. The number of hydrogen-bond acceptors (Lipinski definition) is 4. The van der Waals surface area contributed by atoms with Crippen LogP contribution in [0.4, 0.5) is 0 Å². The number of hydrogen-bond donors (Lipinski definition) is 0. The fourth-order valence-corrected chi connectivity index (χ4v) is 4.80. The Morgan fingerprint density at radius 1 is 1.15 bits per heavy atom. The molecule has 1 amide bonds. The van der Waals surface area contributed by atoms with E-state index in [1.165, 1.54) is 11.1 Å². The number of amides is 1. The van der Waals surface area contributed by atoms with Crippen LogP contribution in [0, 0.1) is 6.92 Å². The number of fused-ring (bicyclic) bond motifs is 1. The number of thioether (sulfide) groups is 1. The van der Waals surface area contributed by atoms with Gasteiger partial charge in [-0.2, -0.15) is 11.8 Å². The largest absolute Gasteiger partial charge is 0.454 e. The minimum atomic E-state index is 0.0682. The Morgan fingerprint density at radius 3 is 2.89 bits per heavy atom. The summed E-state index contributed by atoms with van der Waals surface area (Å²) in [6.07, 6.45) is 4.50. The van der Waals surface area contributed by atoms with E-state index in [9.17, 15) is 4.79 Å². The van der Waals surface area contributed by atoms with Gasteiger partial charge in [0, 0.05) is 30.2 Å². The lowest BCUT2D eigenvalue weighted by molar-refractivity contribution is -0.125. The van der Waals surface area contributed by atoms with Gasteiger partial charge in [0.15, 0.2) is 11.5 Å². The summed E-state index contributed by atoms with van der Waals surface area (Å²) in [4.78, 5) is 14.6. The number of nitrogens with zero attached hydrogens (tertiary/aromatic N) is 1. The lowest BCUT2D eigenvalue weighted by Crippen LogP contribution is -2.31. The Hall–Kier alpha value is -2.40. The first-order valence-corrected chi connectivity index (χ1v) is 10.3. The zero-order valence-electron chi connectivity index (χ0n) is 15.4. The molecule has 1 fully saturated rings. The van der Waals surface area contributed by atoms with Crippen LogP contribution in [0.2, 0.25) is 0 Å². The van der Waals surface area contributed by atoms with E-state index in [0.29, 0.717) is 5.25 Å². The molecule has 0 aromatic heterocycles. The standard InChI is InChI=1S/C22H23NO3S/c1-16-4-2-3-5-18(16)21-10-11-23(12-13-27-21)22(24)9-7-17-6-8-19-20(14-17)26-15-25-19/h2-9,14,21H,10-13,15H2,1H3. The SMILES string of the molecule is Cc1ccccc1C1CCN(C(=O)C=Cc2ccc3c(c2)OCO3)CCS1. The molecule has 2 heterocycles. The van der Waals surface area contributed by atoms with Crippen molar-refractivity contribution < 1.29 is 14.3 Å². The van der Waals surface area contributed by atoms with Crippen molar-refractivity contribution in [3.8, 4) is 11.5 Å². The summed E-state index contributed by atoms with van der Waals surface area (Å²) in [7, 11) is 0. The molecule has 0 aliphatic carbocycles. The van der Waals surface area contributed by atoms with Crippen molar-refractivity contribution in [3.05, 3.63) is 65.2 Å². The van der Waals surface area contributed by atoms with E-state index in [1.807, 2.05) is 40.9 Å². The lowest BCUT2D eigenvalue weighted by atomic mass is 10.0. The van der Waals surface area contributed by atoms with Gasteiger partial charge < -0.3 is 14.4 Å². The molecule has 5 heteroatoms. The van der Waals surface area contributed by atoms with Gasteiger partial charge in [0.1, 0.15) is 0 Å². The number of ether oxygens (including phenoxy) is 2. The van der Waals surface area contributed by atoms with Gasteiger partial charge in [-0.3, -0.25) is 4.79 Å². The quantitative estimate of drug-likeness (QED) is 0.737. The molecule has 2 aliphatic heterocycles. The summed E-state index contributed by atoms with van der Waals surface area (Å²) in [6, 6.07) is 14.3. The van der Waals surface area contributed by atoms with E-state index in [1.54, 1.807) is 6.08 Å². The molecule has 0 saturated carbocycles. The second-order valence-corrected chi connectivity index (χ2v) is 8.09. The minimum Gasteiger partial charge on any atom is -0.454 e. The highest BCUT2D eigenvalue weighted by atomic mass is 32.2. The van der Waals surface area contributed by atoms with Crippen molar-refractivity contribution in [2.24, 2.45) is 0 Å². The maximum atomic E-state index is 12.6. The molecule has 0 spiro atoms. The predicted octanol–water partition coefficient (Wildman–Crippen LogP) is 4.44. The van der Waals surface area contributed by atoms with Gasteiger partial charge in [-0.1, -0.05) is 30.3 Å². The van der Waals surface area contributed by atoms with E-state index in [0.717, 1.165) is 42.3 Å². The molecule has 140 valence electrons. The van der Waals surface area contributed by atoms with Crippen molar-refractivity contribution in [2.45, 2.75) is 18.6 Å². The molecular weight excluding hydrogens is 358 g/mol. The molecule has 27 heavy (non-hydrogen) atoms. The summed E-state index contributed by atoms with van der Waals surface area (Å²) in [5, 5.41) is 0.460. The minimum absolute atomic E-state index is 0.0682. The molecule has 2 aromatic rings. The number of benzene rings is 2. The third-order valence-corrected chi connectivity index (χ3v) is 6.31. The van der Waals surface area contributed by atoms with Crippen LogP contribution in [0.3, 0.4) is 0 Å². The van der Waals surface area contributed by atoms with E-state index < -0.39 is 0 Å². The van der Waals surface area contributed by atoms with Gasteiger partial charge >= 0.3 is 0 Å². The van der Waals surface area contributed by atoms with E-state index in [4.69, 9.17) is 9.47 Å². The smallest absolute Gasteiger partial charge is 0.246 e. The zero-order chi connectivity index (χ0) is 18.6. The van der Waals surface area contributed by atoms with Crippen molar-refractivity contribution in [2.75, 3.05) is 25.6 Å². The number of carbonyl (C=O) groups excluding carboxylic acids is 1. The average Bonchev–Trinajstić information content (AvgIpc) is 3.01. The Labute approximate surface area is 164 Å². The second kappa shape index (κ2) is 8.09. The van der Waals surface area contributed by atoms with Crippen LogP contribution in [-0.2, 0) is 4.79 Å². The maximum absolute atomic E-state index is 12.6. The van der Waals surface area contributed by atoms with Gasteiger partial charge in [0.2, 0.25) is 12.7 Å². The fourth-order valence-electron chi connectivity index (χ4n) is 3.48. The van der Waals surface area contributed by atoms with E-state index >= 15 is 0 Å². The van der Waals surface area contributed by atoms with Gasteiger partial charge in [-0.05, 0) is 48.2 Å². The highest BCUT2D eigenvalue weighted by Crippen LogP contribution is 2.36. The molecule has 0 N–H and O–H groups in total. The van der Waals surface area contributed by atoms with E-state index in [2.05, 4.69) is 31.2 Å². The first-order valence-electron chi connectivity index (χ1n) is 9.24. The Bertz CT molecular complexity index is 864. The van der Waals surface area contributed by atoms with Crippen LogP contribution in [0.5, 0.6) is 11.5 Å². The van der Waals surface area contributed by atoms with Crippen molar-refractivity contribution in [1.82, 2.24) is 4.90 Å². The number of carbonyl (C=O) groups is 1. The lowest BCUT2D eigenvalue weighted by Gasteiger charge is -2.19. The second-order valence-electron chi connectivity index (χ2n) is 6.78. The summed E-state index contributed by atoms with van der Waals surface area (Å²) < 4.78 is 10.7. The first kappa shape index (κ1) is 18.0. The third-order valence-electron chi connectivity index (χ3n) is 5.00. The molecule has 4 nitrogen and oxygen atoms in total. The molecule has 4 rings (SSSR count). The maximum Gasteiger partial charge on any atom is 0.246 e. The number of rotatable bonds is 3. The van der Waals surface area contributed by atoms with Crippen molar-refractivity contribution in [1.29, 1.82) is 0 Å². The van der Waals surface area contributed by atoms with Crippen LogP contribution < -0.4 is 9.47 Å². The third kappa shape index (κ3) is 4.14.